The normalized spacial score (nSPS) is 20.1. The van der Waals surface area contributed by atoms with Gasteiger partial charge in [0.25, 0.3) is 0 Å². The van der Waals surface area contributed by atoms with Crippen LogP contribution in [0, 0.1) is 5.92 Å². The summed E-state index contributed by atoms with van der Waals surface area (Å²) < 4.78 is 0. The highest BCUT2D eigenvalue weighted by molar-refractivity contribution is 5.60. The van der Waals surface area contributed by atoms with Crippen LogP contribution in [0.4, 0.5) is 11.6 Å². The highest BCUT2D eigenvalue weighted by Gasteiger charge is 2.22. The number of anilines is 2. The van der Waals surface area contributed by atoms with Crippen molar-refractivity contribution >= 4 is 11.6 Å². The summed E-state index contributed by atoms with van der Waals surface area (Å²) in [6.45, 7) is 8.99. The monoisotopic (exact) mass is 276 g/mol. The van der Waals surface area contributed by atoms with Gasteiger partial charge in [-0.3, -0.25) is 0 Å². The van der Waals surface area contributed by atoms with Crippen LogP contribution < -0.4 is 10.2 Å². The van der Waals surface area contributed by atoms with Gasteiger partial charge in [-0.25, -0.2) is 9.97 Å². The smallest absolute Gasteiger partial charge is 0.137 e. The average molecular weight is 276 g/mol. The first-order valence-electron chi connectivity index (χ1n) is 7.94. The molecule has 4 heteroatoms. The third kappa shape index (κ3) is 3.22. The van der Waals surface area contributed by atoms with Gasteiger partial charge >= 0.3 is 0 Å². The maximum atomic E-state index is 4.60. The second kappa shape index (κ2) is 6.91. The fourth-order valence-corrected chi connectivity index (χ4v) is 3.15. The van der Waals surface area contributed by atoms with E-state index in [9.17, 15) is 0 Å². The van der Waals surface area contributed by atoms with E-state index in [0.29, 0.717) is 5.92 Å². The van der Waals surface area contributed by atoms with Crippen molar-refractivity contribution in [1.29, 1.82) is 0 Å². The van der Waals surface area contributed by atoms with Gasteiger partial charge in [0.2, 0.25) is 0 Å². The third-order valence-corrected chi connectivity index (χ3v) is 4.40. The van der Waals surface area contributed by atoms with Gasteiger partial charge in [0.1, 0.15) is 18.0 Å². The Morgan fingerprint density at radius 1 is 1.30 bits per heavy atom. The predicted octanol–water partition coefficient (Wildman–Crippen LogP) is 3.66. The Hall–Kier alpha value is -1.32. The van der Waals surface area contributed by atoms with Crippen molar-refractivity contribution < 1.29 is 0 Å². The van der Waals surface area contributed by atoms with Gasteiger partial charge < -0.3 is 10.2 Å². The summed E-state index contributed by atoms with van der Waals surface area (Å²) in [6.07, 6.45) is 6.90. The highest BCUT2D eigenvalue weighted by atomic mass is 15.2. The molecule has 0 aliphatic carbocycles. The lowest BCUT2D eigenvalue weighted by atomic mass is 9.98. The molecule has 20 heavy (non-hydrogen) atoms. The predicted molar refractivity (Wildman–Crippen MR) is 85.5 cm³/mol. The lowest BCUT2D eigenvalue weighted by Crippen LogP contribution is -2.27. The fourth-order valence-electron chi connectivity index (χ4n) is 3.15. The molecule has 1 fully saturated rings. The molecule has 1 unspecified atom stereocenters. The maximum Gasteiger partial charge on any atom is 0.137 e. The summed E-state index contributed by atoms with van der Waals surface area (Å²) >= 11 is 0. The standard InChI is InChI=1S/C16H28N4/c1-5-13-7-6-9-20(10-8-13)16-14(12(2)3)15(17-4)18-11-19-16/h11-13H,5-10H2,1-4H3,(H,17,18,19). The molecule has 0 saturated carbocycles. The maximum absolute atomic E-state index is 4.60. The molecule has 0 radical (unpaired) electrons. The second-order valence-electron chi connectivity index (χ2n) is 6.06. The fraction of sp³-hybridized carbons (Fsp3) is 0.750. The molecule has 1 aliphatic rings. The van der Waals surface area contributed by atoms with Crippen molar-refractivity contribution in [2.24, 2.45) is 5.92 Å². The molecule has 1 aromatic rings. The van der Waals surface area contributed by atoms with E-state index in [1.54, 1.807) is 6.33 Å². The van der Waals surface area contributed by atoms with E-state index in [2.05, 4.69) is 41.0 Å². The molecule has 1 aliphatic heterocycles. The van der Waals surface area contributed by atoms with Gasteiger partial charge in [0.05, 0.1) is 0 Å². The summed E-state index contributed by atoms with van der Waals surface area (Å²) in [5.74, 6) is 3.42. The van der Waals surface area contributed by atoms with E-state index in [-0.39, 0.29) is 0 Å². The molecule has 112 valence electrons. The SMILES string of the molecule is CCC1CCCN(c2ncnc(NC)c2C(C)C)CC1. The Morgan fingerprint density at radius 2 is 2.10 bits per heavy atom. The van der Waals surface area contributed by atoms with Crippen molar-refractivity contribution in [3.05, 3.63) is 11.9 Å². The number of hydrogen-bond acceptors (Lipinski definition) is 4. The van der Waals surface area contributed by atoms with Crippen molar-refractivity contribution in [3.63, 3.8) is 0 Å². The molecule has 2 heterocycles. The van der Waals surface area contributed by atoms with Crippen molar-refractivity contribution in [3.8, 4) is 0 Å². The lowest BCUT2D eigenvalue weighted by Gasteiger charge is -2.26. The molecule has 1 aromatic heterocycles. The lowest BCUT2D eigenvalue weighted by molar-refractivity contribution is 0.459. The van der Waals surface area contributed by atoms with Gasteiger partial charge in [0.15, 0.2) is 0 Å². The molecule has 1 N–H and O–H groups in total. The van der Waals surface area contributed by atoms with Gasteiger partial charge in [0, 0.05) is 25.7 Å². The highest BCUT2D eigenvalue weighted by Crippen LogP contribution is 2.32. The molecule has 0 spiro atoms. The zero-order valence-corrected chi connectivity index (χ0v) is 13.3. The first kappa shape index (κ1) is 15.1. The Labute approximate surface area is 123 Å². The van der Waals surface area contributed by atoms with Crippen LogP contribution in [0.5, 0.6) is 0 Å². The largest absolute Gasteiger partial charge is 0.373 e. The van der Waals surface area contributed by atoms with Gasteiger partial charge in [-0.05, 0) is 31.1 Å². The Balaban J connectivity index is 2.27. The van der Waals surface area contributed by atoms with E-state index in [0.717, 1.165) is 30.6 Å². The van der Waals surface area contributed by atoms with Crippen molar-refractivity contribution in [2.45, 2.75) is 52.4 Å². The molecular weight excluding hydrogens is 248 g/mol. The van der Waals surface area contributed by atoms with E-state index in [1.807, 2.05) is 7.05 Å². The molecular formula is C16H28N4. The molecule has 1 atom stereocenters. The summed E-state index contributed by atoms with van der Waals surface area (Å²) in [5.41, 5.74) is 1.25. The van der Waals surface area contributed by atoms with Crippen molar-refractivity contribution in [1.82, 2.24) is 9.97 Å². The minimum atomic E-state index is 0.430. The van der Waals surface area contributed by atoms with Crippen LogP contribution in [0.25, 0.3) is 0 Å². The van der Waals surface area contributed by atoms with Crippen LogP contribution >= 0.6 is 0 Å². The second-order valence-corrected chi connectivity index (χ2v) is 6.06. The van der Waals surface area contributed by atoms with Gasteiger partial charge in [-0.2, -0.15) is 0 Å². The molecule has 1 saturated heterocycles. The molecule has 0 aromatic carbocycles. The van der Waals surface area contributed by atoms with E-state index >= 15 is 0 Å². The van der Waals surface area contributed by atoms with Crippen molar-refractivity contribution in [2.75, 3.05) is 30.4 Å². The van der Waals surface area contributed by atoms with Crippen LogP contribution in [-0.4, -0.2) is 30.1 Å². The van der Waals surface area contributed by atoms with Crippen LogP contribution in [0.2, 0.25) is 0 Å². The summed E-state index contributed by atoms with van der Waals surface area (Å²) in [6, 6.07) is 0. The number of hydrogen-bond donors (Lipinski definition) is 1. The number of nitrogens with zero attached hydrogens (tertiary/aromatic N) is 3. The first-order chi connectivity index (χ1) is 9.67. The minimum Gasteiger partial charge on any atom is -0.373 e. The zero-order chi connectivity index (χ0) is 14.5. The van der Waals surface area contributed by atoms with Gasteiger partial charge in [-0.1, -0.05) is 27.2 Å². The van der Waals surface area contributed by atoms with Gasteiger partial charge in [-0.15, -0.1) is 0 Å². The van der Waals surface area contributed by atoms with Crippen LogP contribution in [-0.2, 0) is 0 Å². The topological polar surface area (TPSA) is 41.1 Å². The van der Waals surface area contributed by atoms with Crippen LogP contribution in [0.3, 0.4) is 0 Å². The number of aromatic nitrogens is 2. The van der Waals surface area contributed by atoms with E-state index in [4.69, 9.17) is 0 Å². The van der Waals surface area contributed by atoms with Crippen LogP contribution in [0.1, 0.15) is 57.9 Å². The third-order valence-electron chi connectivity index (χ3n) is 4.40. The summed E-state index contributed by atoms with van der Waals surface area (Å²) in [5, 5.41) is 3.21. The Kier molecular flexibility index (Phi) is 5.21. The number of nitrogens with one attached hydrogen (secondary N) is 1. The molecule has 0 amide bonds. The average Bonchev–Trinajstić information content (AvgIpc) is 2.71. The van der Waals surface area contributed by atoms with E-state index in [1.165, 1.54) is 31.2 Å². The molecule has 2 rings (SSSR count). The zero-order valence-electron chi connectivity index (χ0n) is 13.3. The van der Waals surface area contributed by atoms with E-state index < -0.39 is 0 Å². The first-order valence-corrected chi connectivity index (χ1v) is 7.94. The summed E-state index contributed by atoms with van der Waals surface area (Å²) in [4.78, 5) is 11.4. The Bertz CT molecular complexity index is 430. The summed E-state index contributed by atoms with van der Waals surface area (Å²) in [7, 11) is 1.94. The minimum absolute atomic E-state index is 0.430. The Morgan fingerprint density at radius 3 is 2.75 bits per heavy atom. The quantitative estimate of drug-likeness (QED) is 0.911. The number of rotatable bonds is 4. The molecule has 4 nitrogen and oxygen atoms in total. The van der Waals surface area contributed by atoms with Crippen LogP contribution in [0.15, 0.2) is 6.33 Å². The molecule has 0 bridgehead atoms.